The number of nitrogens with zero attached hydrogens (tertiary/aromatic N) is 1. The molecule has 0 spiro atoms. The highest BCUT2D eigenvalue weighted by molar-refractivity contribution is 4.92. The van der Waals surface area contributed by atoms with E-state index in [1.807, 2.05) is 6.92 Å². The highest BCUT2D eigenvalue weighted by atomic mass is 16.3. The molecule has 1 heterocycles. The standard InChI is InChI=1S/C6H8NO/c1-3-6-7-5(2)4-8-6/h4H,1,3H2,2H3. The summed E-state index contributed by atoms with van der Waals surface area (Å²) in [4.78, 5) is 4.00. The van der Waals surface area contributed by atoms with Gasteiger partial charge in [0.2, 0.25) is 0 Å². The lowest BCUT2D eigenvalue weighted by molar-refractivity contribution is 0.508. The summed E-state index contributed by atoms with van der Waals surface area (Å²) in [5.74, 6) is 0.711. The SMILES string of the molecule is [CH2]Cc1nc(C)co1. The van der Waals surface area contributed by atoms with E-state index >= 15 is 0 Å². The Kier molecular flexibility index (Phi) is 1.33. The summed E-state index contributed by atoms with van der Waals surface area (Å²) < 4.78 is 4.94. The highest BCUT2D eigenvalue weighted by Crippen LogP contribution is 1.98. The predicted octanol–water partition coefficient (Wildman–Crippen LogP) is 1.36. The molecule has 0 atom stereocenters. The first kappa shape index (κ1) is 5.35. The zero-order chi connectivity index (χ0) is 5.98. The van der Waals surface area contributed by atoms with Crippen LogP contribution in [0.3, 0.4) is 0 Å². The minimum Gasteiger partial charge on any atom is -0.449 e. The number of oxazole rings is 1. The van der Waals surface area contributed by atoms with E-state index in [0.29, 0.717) is 12.3 Å². The molecule has 0 fully saturated rings. The second-order valence-corrected chi connectivity index (χ2v) is 1.63. The fraction of sp³-hybridized carbons (Fsp3) is 0.333. The van der Waals surface area contributed by atoms with E-state index < -0.39 is 0 Å². The van der Waals surface area contributed by atoms with Crippen LogP contribution >= 0.6 is 0 Å². The predicted molar refractivity (Wildman–Crippen MR) is 30.3 cm³/mol. The van der Waals surface area contributed by atoms with Gasteiger partial charge in [-0.1, -0.05) is 0 Å². The molecule has 8 heavy (non-hydrogen) atoms. The number of hydrogen-bond acceptors (Lipinski definition) is 2. The molecule has 0 bridgehead atoms. The van der Waals surface area contributed by atoms with Crippen molar-refractivity contribution in [3.63, 3.8) is 0 Å². The Bertz CT molecular complexity index is 169. The van der Waals surface area contributed by atoms with Crippen molar-refractivity contribution < 1.29 is 4.42 Å². The van der Waals surface area contributed by atoms with Gasteiger partial charge in [-0.3, -0.25) is 0 Å². The third-order valence-electron chi connectivity index (χ3n) is 0.880. The fourth-order valence-electron chi connectivity index (χ4n) is 0.518. The smallest absolute Gasteiger partial charge is 0.194 e. The minimum absolute atomic E-state index is 0.633. The van der Waals surface area contributed by atoms with Crippen LogP contribution in [0.1, 0.15) is 11.6 Å². The van der Waals surface area contributed by atoms with Crippen LogP contribution in [0.25, 0.3) is 0 Å². The first-order valence-corrected chi connectivity index (χ1v) is 2.53. The maximum atomic E-state index is 4.94. The van der Waals surface area contributed by atoms with Crippen molar-refractivity contribution in [3.05, 3.63) is 24.8 Å². The molecule has 0 saturated heterocycles. The quantitative estimate of drug-likeness (QED) is 0.545. The molecular formula is C6H8NO. The molecule has 0 aliphatic heterocycles. The van der Waals surface area contributed by atoms with Crippen LogP contribution < -0.4 is 0 Å². The molecule has 43 valence electrons. The summed E-state index contributed by atoms with van der Waals surface area (Å²) >= 11 is 0. The van der Waals surface area contributed by atoms with Gasteiger partial charge in [-0.15, -0.1) is 0 Å². The molecule has 1 aromatic heterocycles. The third-order valence-corrected chi connectivity index (χ3v) is 0.880. The lowest BCUT2D eigenvalue weighted by Crippen LogP contribution is -1.77. The Morgan fingerprint density at radius 1 is 1.88 bits per heavy atom. The Morgan fingerprint density at radius 2 is 2.62 bits per heavy atom. The number of hydrogen-bond donors (Lipinski definition) is 0. The topological polar surface area (TPSA) is 26.0 Å². The maximum absolute atomic E-state index is 4.94. The van der Waals surface area contributed by atoms with E-state index in [4.69, 9.17) is 4.42 Å². The molecule has 1 rings (SSSR count). The van der Waals surface area contributed by atoms with Gasteiger partial charge in [0.05, 0.1) is 5.69 Å². The zero-order valence-corrected chi connectivity index (χ0v) is 4.85. The van der Waals surface area contributed by atoms with E-state index in [2.05, 4.69) is 11.9 Å². The van der Waals surface area contributed by atoms with Crippen molar-refractivity contribution in [2.45, 2.75) is 13.3 Å². The summed E-state index contributed by atoms with van der Waals surface area (Å²) in [5.41, 5.74) is 0.920. The van der Waals surface area contributed by atoms with E-state index in [1.54, 1.807) is 6.26 Å². The van der Waals surface area contributed by atoms with Crippen molar-refractivity contribution in [2.24, 2.45) is 0 Å². The van der Waals surface area contributed by atoms with Crippen LogP contribution in [0.5, 0.6) is 0 Å². The van der Waals surface area contributed by atoms with Gasteiger partial charge in [-0.2, -0.15) is 0 Å². The lowest BCUT2D eigenvalue weighted by Gasteiger charge is -1.78. The van der Waals surface area contributed by atoms with Gasteiger partial charge in [0.1, 0.15) is 6.26 Å². The number of aromatic nitrogens is 1. The van der Waals surface area contributed by atoms with Crippen LogP contribution in [-0.2, 0) is 6.42 Å². The van der Waals surface area contributed by atoms with Crippen LogP contribution in [0.2, 0.25) is 0 Å². The normalized spacial score (nSPS) is 9.75. The Labute approximate surface area is 48.5 Å². The molecule has 1 aromatic rings. The van der Waals surface area contributed by atoms with Gasteiger partial charge in [0, 0.05) is 6.42 Å². The van der Waals surface area contributed by atoms with Crippen molar-refractivity contribution >= 4 is 0 Å². The van der Waals surface area contributed by atoms with E-state index in [1.165, 1.54) is 0 Å². The second kappa shape index (κ2) is 1.99. The molecule has 0 amide bonds. The largest absolute Gasteiger partial charge is 0.449 e. The molecule has 0 saturated carbocycles. The molecule has 0 aromatic carbocycles. The van der Waals surface area contributed by atoms with E-state index in [9.17, 15) is 0 Å². The number of aryl methyl sites for hydroxylation is 1. The van der Waals surface area contributed by atoms with Crippen LogP contribution in [0.4, 0.5) is 0 Å². The van der Waals surface area contributed by atoms with Gasteiger partial charge in [0.15, 0.2) is 5.89 Å². The van der Waals surface area contributed by atoms with Crippen LogP contribution in [0, 0.1) is 13.8 Å². The molecule has 0 aliphatic carbocycles. The average molecular weight is 110 g/mol. The van der Waals surface area contributed by atoms with Crippen molar-refractivity contribution in [1.29, 1.82) is 0 Å². The zero-order valence-electron chi connectivity index (χ0n) is 4.85. The monoisotopic (exact) mass is 110 g/mol. The minimum atomic E-state index is 0.633. The Hall–Kier alpha value is -0.790. The van der Waals surface area contributed by atoms with E-state index in [0.717, 1.165) is 5.69 Å². The molecule has 2 nitrogen and oxygen atoms in total. The Morgan fingerprint density at radius 3 is 2.88 bits per heavy atom. The van der Waals surface area contributed by atoms with E-state index in [-0.39, 0.29) is 0 Å². The van der Waals surface area contributed by atoms with Crippen LogP contribution in [-0.4, -0.2) is 4.98 Å². The molecular weight excluding hydrogens is 102 g/mol. The first-order chi connectivity index (χ1) is 3.83. The maximum Gasteiger partial charge on any atom is 0.194 e. The van der Waals surface area contributed by atoms with Gasteiger partial charge in [-0.05, 0) is 13.8 Å². The molecule has 2 heteroatoms. The first-order valence-electron chi connectivity index (χ1n) is 2.53. The van der Waals surface area contributed by atoms with Gasteiger partial charge >= 0.3 is 0 Å². The molecule has 0 N–H and O–H groups in total. The summed E-state index contributed by atoms with van der Waals surface area (Å²) in [6.45, 7) is 5.50. The van der Waals surface area contributed by atoms with Crippen molar-refractivity contribution in [1.82, 2.24) is 4.98 Å². The summed E-state index contributed by atoms with van der Waals surface area (Å²) in [5, 5.41) is 0. The molecule has 1 radical (unpaired) electrons. The van der Waals surface area contributed by atoms with Crippen LogP contribution in [0.15, 0.2) is 10.7 Å². The fourth-order valence-corrected chi connectivity index (χ4v) is 0.518. The lowest BCUT2D eigenvalue weighted by atomic mass is 10.5. The van der Waals surface area contributed by atoms with Crippen molar-refractivity contribution in [2.75, 3.05) is 0 Å². The molecule has 0 aliphatic rings. The Balaban J connectivity index is 2.84. The van der Waals surface area contributed by atoms with Gasteiger partial charge in [-0.25, -0.2) is 4.98 Å². The van der Waals surface area contributed by atoms with Gasteiger partial charge in [0.25, 0.3) is 0 Å². The molecule has 0 unspecified atom stereocenters. The highest BCUT2D eigenvalue weighted by Gasteiger charge is 1.93. The number of rotatable bonds is 1. The second-order valence-electron chi connectivity index (χ2n) is 1.63. The third kappa shape index (κ3) is 0.886. The summed E-state index contributed by atoms with van der Waals surface area (Å²) in [6.07, 6.45) is 2.26. The summed E-state index contributed by atoms with van der Waals surface area (Å²) in [7, 11) is 0. The average Bonchev–Trinajstić information content (AvgIpc) is 2.14. The van der Waals surface area contributed by atoms with Crippen molar-refractivity contribution in [3.8, 4) is 0 Å². The summed E-state index contributed by atoms with van der Waals surface area (Å²) in [6, 6.07) is 0. The van der Waals surface area contributed by atoms with Gasteiger partial charge < -0.3 is 4.42 Å².